The van der Waals surface area contributed by atoms with Gasteiger partial charge in [-0.2, -0.15) is 0 Å². The summed E-state index contributed by atoms with van der Waals surface area (Å²) in [6.07, 6.45) is 14.7. The highest BCUT2D eigenvalue weighted by Crippen LogP contribution is 2.39. The van der Waals surface area contributed by atoms with E-state index < -0.39 is 5.41 Å². The van der Waals surface area contributed by atoms with Crippen molar-refractivity contribution < 1.29 is 14.3 Å². The molecule has 0 aromatic rings. The Labute approximate surface area is 128 Å². The number of esters is 1. The van der Waals surface area contributed by atoms with Gasteiger partial charge in [-0.05, 0) is 39.0 Å². The molecule has 0 aromatic carbocycles. The van der Waals surface area contributed by atoms with E-state index in [1.807, 2.05) is 19.1 Å². The molecule has 1 aliphatic rings. The highest BCUT2D eigenvalue weighted by atomic mass is 16.5. The average molecular weight is 292 g/mol. The number of rotatable bonds is 9. The smallest absolute Gasteiger partial charge is 0.320 e. The Morgan fingerprint density at radius 2 is 2.10 bits per heavy atom. The minimum atomic E-state index is -0.914. The van der Waals surface area contributed by atoms with E-state index in [0.717, 1.165) is 12.8 Å². The number of hydrogen-bond donors (Lipinski definition) is 0. The molecule has 3 heteroatoms. The molecule has 0 spiro atoms. The number of carbonyl (C=O) groups excluding carboxylic acids is 2. The van der Waals surface area contributed by atoms with Crippen molar-refractivity contribution in [3.05, 3.63) is 24.3 Å². The Kier molecular flexibility index (Phi) is 8.03. The van der Waals surface area contributed by atoms with Crippen LogP contribution in [0.5, 0.6) is 0 Å². The van der Waals surface area contributed by atoms with Gasteiger partial charge < -0.3 is 4.74 Å². The molecule has 0 aromatic heterocycles. The molecule has 21 heavy (non-hydrogen) atoms. The van der Waals surface area contributed by atoms with Gasteiger partial charge in [-0.15, -0.1) is 0 Å². The van der Waals surface area contributed by atoms with Crippen LogP contribution in [0.3, 0.4) is 0 Å². The summed E-state index contributed by atoms with van der Waals surface area (Å²) in [4.78, 5) is 24.5. The third kappa shape index (κ3) is 5.14. The van der Waals surface area contributed by atoms with Crippen LogP contribution in [0.15, 0.2) is 24.3 Å². The number of carbonyl (C=O) groups is 2. The van der Waals surface area contributed by atoms with Gasteiger partial charge in [0.15, 0.2) is 5.78 Å². The van der Waals surface area contributed by atoms with Crippen LogP contribution < -0.4 is 0 Å². The molecule has 1 aliphatic carbocycles. The summed E-state index contributed by atoms with van der Waals surface area (Å²) in [5, 5.41) is 0. The van der Waals surface area contributed by atoms with Crippen molar-refractivity contribution in [3.8, 4) is 0 Å². The summed E-state index contributed by atoms with van der Waals surface area (Å²) in [6.45, 7) is 4.31. The molecule has 3 nitrogen and oxygen atoms in total. The van der Waals surface area contributed by atoms with Crippen LogP contribution in [0.1, 0.15) is 65.2 Å². The quantitative estimate of drug-likeness (QED) is 0.274. The lowest BCUT2D eigenvalue weighted by molar-refractivity contribution is -0.157. The maximum Gasteiger partial charge on any atom is 0.320 e. The molecular formula is C18H28O3. The van der Waals surface area contributed by atoms with Crippen molar-refractivity contribution in [3.63, 3.8) is 0 Å². The highest BCUT2D eigenvalue weighted by Gasteiger charge is 2.48. The first kappa shape index (κ1) is 17.7. The maximum atomic E-state index is 12.3. The molecule has 1 rings (SSSR count). The molecule has 0 amide bonds. The first-order valence-electron chi connectivity index (χ1n) is 8.14. The Morgan fingerprint density at radius 1 is 1.29 bits per heavy atom. The number of allylic oxidation sites excluding steroid dienone is 3. The van der Waals surface area contributed by atoms with Crippen LogP contribution in [0.25, 0.3) is 0 Å². The summed E-state index contributed by atoms with van der Waals surface area (Å²) >= 11 is 0. The minimum Gasteiger partial charge on any atom is -0.461 e. The molecular weight excluding hydrogens is 264 g/mol. The molecule has 0 saturated heterocycles. The number of hydrogen-bond acceptors (Lipinski definition) is 3. The number of unbranched alkanes of at least 4 members (excludes halogenated alkanes) is 3. The van der Waals surface area contributed by atoms with Crippen molar-refractivity contribution in [1.82, 2.24) is 0 Å². The zero-order valence-electron chi connectivity index (χ0n) is 13.4. The normalized spacial score (nSPS) is 22.5. The second kappa shape index (κ2) is 9.54. The van der Waals surface area contributed by atoms with Gasteiger partial charge >= 0.3 is 5.97 Å². The van der Waals surface area contributed by atoms with E-state index in [1.165, 1.54) is 19.3 Å². The van der Waals surface area contributed by atoms with E-state index in [1.54, 1.807) is 6.08 Å². The highest BCUT2D eigenvalue weighted by molar-refractivity contribution is 6.05. The predicted octanol–water partition coefficient (Wildman–Crippen LogP) is 4.37. The average Bonchev–Trinajstić information content (AvgIpc) is 2.85. The first-order chi connectivity index (χ1) is 10.2. The standard InChI is InChI=1S/C18H28O3/c1-3-5-7-8-9-10-13-18(14-11-12-16(18)19)17(20)21-15-6-4-2/h4,6,9-10H,3,5,7-8,11-15H2,1-2H3. The molecule has 1 saturated carbocycles. The van der Waals surface area contributed by atoms with Crippen molar-refractivity contribution in [1.29, 1.82) is 0 Å². The molecule has 1 unspecified atom stereocenters. The Bertz CT molecular complexity index is 395. The Morgan fingerprint density at radius 3 is 2.71 bits per heavy atom. The first-order valence-corrected chi connectivity index (χ1v) is 8.14. The second-order valence-corrected chi connectivity index (χ2v) is 5.70. The Balaban J connectivity index is 2.58. The van der Waals surface area contributed by atoms with Crippen molar-refractivity contribution in [2.75, 3.05) is 6.61 Å². The SMILES string of the molecule is CC=CCOC(=O)C1(CC=CCCCCC)CCCC1=O. The Hall–Kier alpha value is -1.38. The van der Waals surface area contributed by atoms with Gasteiger partial charge in [0.1, 0.15) is 12.0 Å². The summed E-state index contributed by atoms with van der Waals surface area (Å²) in [5.74, 6) is -0.299. The van der Waals surface area contributed by atoms with Crippen LogP contribution in [-0.2, 0) is 14.3 Å². The lowest BCUT2D eigenvalue weighted by Gasteiger charge is -2.23. The monoisotopic (exact) mass is 292 g/mol. The van der Waals surface area contributed by atoms with E-state index in [0.29, 0.717) is 19.3 Å². The van der Waals surface area contributed by atoms with Gasteiger partial charge in [0.25, 0.3) is 0 Å². The van der Waals surface area contributed by atoms with Gasteiger partial charge in [-0.1, -0.05) is 44.1 Å². The largest absolute Gasteiger partial charge is 0.461 e. The van der Waals surface area contributed by atoms with Crippen LogP contribution in [0.4, 0.5) is 0 Å². The lowest BCUT2D eigenvalue weighted by atomic mass is 9.81. The summed E-state index contributed by atoms with van der Waals surface area (Å²) in [6, 6.07) is 0. The van der Waals surface area contributed by atoms with Crippen molar-refractivity contribution in [2.24, 2.45) is 5.41 Å². The zero-order valence-corrected chi connectivity index (χ0v) is 13.4. The summed E-state index contributed by atoms with van der Waals surface area (Å²) < 4.78 is 5.26. The fourth-order valence-corrected chi connectivity index (χ4v) is 2.72. The van der Waals surface area contributed by atoms with Crippen LogP contribution in [-0.4, -0.2) is 18.4 Å². The molecule has 0 aliphatic heterocycles. The van der Waals surface area contributed by atoms with E-state index in [-0.39, 0.29) is 18.4 Å². The lowest BCUT2D eigenvalue weighted by Crippen LogP contribution is -2.36. The summed E-state index contributed by atoms with van der Waals surface area (Å²) in [5.41, 5.74) is -0.914. The number of Topliss-reactive ketones (excluding diaryl/α,β-unsaturated/α-hetero) is 1. The van der Waals surface area contributed by atoms with Crippen LogP contribution in [0.2, 0.25) is 0 Å². The van der Waals surface area contributed by atoms with Gasteiger partial charge in [-0.25, -0.2) is 0 Å². The van der Waals surface area contributed by atoms with Crippen LogP contribution >= 0.6 is 0 Å². The molecule has 118 valence electrons. The third-order valence-corrected chi connectivity index (χ3v) is 4.09. The van der Waals surface area contributed by atoms with E-state index in [4.69, 9.17) is 4.74 Å². The van der Waals surface area contributed by atoms with Crippen LogP contribution in [0, 0.1) is 5.41 Å². The molecule has 1 atom stereocenters. The van der Waals surface area contributed by atoms with Gasteiger partial charge in [-0.3, -0.25) is 9.59 Å². The fourth-order valence-electron chi connectivity index (χ4n) is 2.72. The zero-order chi connectivity index (χ0) is 15.6. The summed E-state index contributed by atoms with van der Waals surface area (Å²) in [7, 11) is 0. The predicted molar refractivity (Wildman–Crippen MR) is 85.0 cm³/mol. The molecule has 0 bridgehead atoms. The van der Waals surface area contributed by atoms with Crippen molar-refractivity contribution in [2.45, 2.75) is 65.2 Å². The fraction of sp³-hybridized carbons (Fsp3) is 0.667. The third-order valence-electron chi connectivity index (χ3n) is 4.09. The van der Waals surface area contributed by atoms with Gasteiger partial charge in [0, 0.05) is 6.42 Å². The van der Waals surface area contributed by atoms with E-state index >= 15 is 0 Å². The van der Waals surface area contributed by atoms with Crippen molar-refractivity contribution >= 4 is 11.8 Å². The minimum absolute atomic E-state index is 0.0474. The number of ketones is 1. The molecule has 1 fully saturated rings. The molecule has 0 N–H and O–H groups in total. The van der Waals surface area contributed by atoms with Gasteiger partial charge in [0.05, 0.1) is 0 Å². The van der Waals surface area contributed by atoms with Gasteiger partial charge in [0.2, 0.25) is 0 Å². The maximum absolute atomic E-state index is 12.3. The van der Waals surface area contributed by atoms with E-state index in [2.05, 4.69) is 13.0 Å². The topological polar surface area (TPSA) is 43.4 Å². The molecule has 0 radical (unpaired) electrons. The van der Waals surface area contributed by atoms with E-state index in [9.17, 15) is 9.59 Å². The molecule has 0 heterocycles. The second-order valence-electron chi connectivity index (χ2n) is 5.70. The number of ether oxygens (including phenoxy) is 1.